The number of aromatic amines is 1. The molecule has 2 unspecified atom stereocenters. The number of carbonyl (C=O) groups is 3. The predicted octanol–water partition coefficient (Wildman–Crippen LogP) is 2.81. The summed E-state index contributed by atoms with van der Waals surface area (Å²) in [6.45, 7) is 5.97. The summed E-state index contributed by atoms with van der Waals surface area (Å²) >= 11 is 0. The molecule has 3 amide bonds. The number of likely N-dealkylation sites (tertiary alicyclic amines) is 1. The first-order valence-corrected chi connectivity index (χ1v) is 12.8. The SMILES string of the molecule is CCC1(CC)CN(Cc2ccc[nH]2)CCC1(O)c1ccc2c(c1F)CN(C1CCC(=O)NC1=O)C2=O. The van der Waals surface area contributed by atoms with E-state index in [1.54, 1.807) is 12.1 Å². The van der Waals surface area contributed by atoms with Gasteiger partial charge in [0, 0.05) is 60.1 Å². The van der Waals surface area contributed by atoms with Gasteiger partial charge in [-0.1, -0.05) is 19.9 Å². The van der Waals surface area contributed by atoms with Crippen LogP contribution in [-0.4, -0.2) is 56.7 Å². The van der Waals surface area contributed by atoms with Crippen molar-refractivity contribution in [3.8, 4) is 0 Å². The van der Waals surface area contributed by atoms with Gasteiger partial charge in [0.05, 0.1) is 6.54 Å². The Bertz CT molecular complexity index is 1190. The van der Waals surface area contributed by atoms with Gasteiger partial charge in [0.1, 0.15) is 17.5 Å². The number of nitrogens with one attached hydrogen (secondary N) is 2. The molecule has 1 aromatic heterocycles. The van der Waals surface area contributed by atoms with E-state index >= 15 is 4.39 Å². The maximum absolute atomic E-state index is 16.2. The fraction of sp³-hybridized carbons (Fsp3) is 0.519. The lowest BCUT2D eigenvalue weighted by Crippen LogP contribution is -2.57. The molecule has 0 saturated carbocycles. The molecular weight excluding hydrogens is 463 g/mol. The molecule has 5 rings (SSSR count). The summed E-state index contributed by atoms with van der Waals surface area (Å²) < 4.78 is 16.2. The summed E-state index contributed by atoms with van der Waals surface area (Å²) in [5.74, 6) is -1.89. The fourth-order valence-electron chi connectivity index (χ4n) is 6.47. The number of amides is 3. The molecule has 1 aromatic carbocycles. The van der Waals surface area contributed by atoms with Crippen molar-refractivity contribution in [1.29, 1.82) is 0 Å². The van der Waals surface area contributed by atoms with E-state index in [-0.39, 0.29) is 42.0 Å². The topological polar surface area (TPSA) is 106 Å². The quantitative estimate of drug-likeness (QED) is 0.534. The van der Waals surface area contributed by atoms with Gasteiger partial charge < -0.3 is 15.0 Å². The number of hydrogen-bond acceptors (Lipinski definition) is 5. The Hall–Kier alpha value is -3.04. The van der Waals surface area contributed by atoms with Gasteiger partial charge >= 0.3 is 0 Å². The first-order valence-electron chi connectivity index (χ1n) is 12.8. The van der Waals surface area contributed by atoms with E-state index in [0.29, 0.717) is 32.4 Å². The minimum atomic E-state index is -1.40. The van der Waals surface area contributed by atoms with Crippen molar-refractivity contribution >= 4 is 17.7 Å². The van der Waals surface area contributed by atoms with Gasteiger partial charge in [0.2, 0.25) is 11.8 Å². The molecule has 2 atom stereocenters. The van der Waals surface area contributed by atoms with Gasteiger partial charge in [-0.05, 0) is 43.9 Å². The van der Waals surface area contributed by atoms with Crippen LogP contribution in [0.15, 0.2) is 30.5 Å². The number of aromatic nitrogens is 1. The average molecular weight is 497 g/mol. The Kier molecular flexibility index (Phi) is 6.24. The molecule has 0 radical (unpaired) electrons. The summed E-state index contributed by atoms with van der Waals surface area (Å²) in [6.07, 6.45) is 3.95. The first kappa shape index (κ1) is 24.6. The maximum atomic E-state index is 16.2. The third-order valence-electron chi connectivity index (χ3n) is 8.70. The second-order valence-electron chi connectivity index (χ2n) is 10.4. The predicted molar refractivity (Wildman–Crippen MR) is 130 cm³/mol. The number of H-pyrrole nitrogens is 1. The largest absolute Gasteiger partial charge is 0.384 e. The van der Waals surface area contributed by atoms with Crippen molar-refractivity contribution in [2.24, 2.45) is 5.41 Å². The van der Waals surface area contributed by atoms with Crippen LogP contribution in [0, 0.1) is 11.2 Å². The summed E-state index contributed by atoms with van der Waals surface area (Å²) in [4.78, 5) is 43.9. The van der Waals surface area contributed by atoms with Gasteiger partial charge in [0.25, 0.3) is 5.91 Å². The van der Waals surface area contributed by atoms with E-state index < -0.39 is 34.7 Å². The van der Waals surface area contributed by atoms with Crippen molar-refractivity contribution in [3.05, 3.63) is 58.7 Å². The lowest BCUT2D eigenvalue weighted by Gasteiger charge is -2.54. The van der Waals surface area contributed by atoms with E-state index in [9.17, 15) is 19.5 Å². The number of imide groups is 1. The Morgan fingerprint density at radius 3 is 2.61 bits per heavy atom. The number of hydrogen-bond donors (Lipinski definition) is 3. The normalized spacial score (nSPS) is 26.3. The van der Waals surface area contributed by atoms with Crippen molar-refractivity contribution in [2.45, 2.75) is 70.7 Å². The van der Waals surface area contributed by atoms with Crippen LogP contribution in [0.5, 0.6) is 0 Å². The number of benzene rings is 1. The van der Waals surface area contributed by atoms with Gasteiger partial charge in [-0.2, -0.15) is 0 Å². The highest BCUT2D eigenvalue weighted by Gasteiger charge is 2.54. The molecule has 3 N–H and O–H groups in total. The van der Waals surface area contributed by atoms with Crippen LogP contribution in [-0.2, 0) is 28.3 Å². The van der Waals surface area contributed by atoms with Crippen LogP contribution >= 0.6 is 0 Å². The molecule has 3 aliphatic heterocycles. The number of carbonyl (C=O) groups excluding carboxylic acids is 3. The Morgan fingerprint density at radius 1 is 1.17 bits per heavy atom. The second-order valence-corrected chi connectivity index (χ2v) is 10.4. The first-order chi connectivity index (χ1) is 17.2. The van der Waals surface area contributed by atoms with Gasteiger partial charge in [-0.25, -0.2) is 4.39 Å². The summed E-state index contributed by atoms with van der Waals surface area (Å²) in [5.41, 5.74) is -0.219. The van der Waals surface area contributed by atoms with Gasteiger partial charge in [-0.3, -0.25) is 24.6 Å². The molecule has 4 heterocycles. The molecule has 0 aliphatic carbocycles. The smallest absolute Gasteiger partial charge is 0.255 e. The van der Waals surface area contributed by atoms with Crippen LogP contribution in [0.3, 0.4) is 0 Å². The zero-order valence-electron chi connectivity index (χ0n) is 20.8. The molecule has 2 fully saturated rings. The molecule has 0 spiro atoms. The van der Waals surface area contributed by atoms with Crippen molar-refractivity contribution in [3.63, 3.8) is 0 Å². The summed E-state index contributed by atoms with van der Waals surface area (Å²) in [5, 5.41) is 14.5. The number of rotatable bonds is 6. The molecule has 3 aliphatic rings. The highest BCUT2D eigenvalue weighted by atomic mass is 19.1. The average Bonchev–Trinajstić information content (AvgIpc) is 3.49. The zero-order chi connectivity index (χ0) is 25.7. The lowest BCUT2D eigenvalue weighted by atomic mass is 9.61. The van der Waals surface area contributed by atoms with E-state index in [0.717, 1.165) is 12.2 Å². The van der Waals surface area contributed by atoms with Crippen LogP contribution in [0.2, 0.25) is 0 Å². The third-order valence-corrected chi connectivity index (χ3v) is 8.70. The van der Waals surface area contributed by atoms with E-state index in [2.05, 4.69) is 15.2 Å². The van der Waals surface area contributed by atoms with Crippen LogP contribution in [0.25, 0.3) is 0 Å². The third kappa shape index (κ3) is 3.76. The minimum absolute atomic E-state index is 0.0552. The second kappa shape index (κ2) is 9.12. The summed E-state index contributed by atoms with van der Waals surface area (Å²) in [7, 11) is 0. The molecular formula is C27H33FN4O4. The molecule has 2 saturated heterocycles. The standard InChI is InChI=1S/C27H33FN4O4/c1-3-26(4-2)16-31(14-17-6-5-12-29-17)13-11-27(26,36)20-8-7-18-19(23(20)28)15-32(25(18)35)21-9-10-22(33)30-24(21)34/h5-8,12,21,29,36H,3-4,9-11,13-16H2,1-2H3,(H,30,33,34). The van der Waals surface area contributed by atoms with Crippen molar-refractivity contribution < 1.29 is 23.9 Å². The number of halogens is 1. The van der Waals surface area contributed by atoms with Crippen molar-refractivity contribution in [2.75, 3.05) is 13.1 Å². The number of nitrogens with zero attached hydrogens (tertiary/aromatic N) is 2. The van der Waals surface area contributed by atoms with E-state index in [1.807, 2.05) is 32.2 Å². The van der Waals surface area contributed by atoms with Crippen molar-refractivity contribution in [1.82, 2.24) is 20.1 Å². The molecule has 0 bridgehead atoms. The molecule has 192 valence electrons. The van der Waals surface area contributed by atoms with Gasteiger partial charge in [-0.15, -0.1) is 0 Å². The van der Waals surface area contributed by atoms with Crippen LogP contribution in [0.1, 0.15) is 73.1 Å². The number of fused-ring (bicyclic) bond motifs is 1. The lowest BCUT2D eigenvalue weighted by molar-refractivity contribution is -0.150. The molecule has 36 heavy (non-hydrogen) atoms. The zero-order valence-corrected chi connectivity index (χ0v) is 20.8. The molecule has 9 heteroatoms. The Balaban J connectivity index is 1.45. The highest BCUT2D eigenvalue weighted by molar-refractivity contribution is 6.05. The van der Waals surface area contributed by atoms with Gasteiger partial charge in [0.15, 0.2) is 0 Å². The van der Waals surface area contributed by atoms with E-state index in [1.165, 1.54) is 4.90 Å². The summed E-state index contributed by atoms with van der Waals surface area (Å²) in [6, 6.07) is 6.32. The van der Waals surface area contributed by atoms with Crippen LogP contribution < -0.4 is 5.32 Å². The number of aliphatic hydroxyl groups is 1. The highest BCUT2D eigenvalue weighted by Crippen LogP contribution is 2.52. The maximum Gasteiger partial charge on any atom is 0.255 e. The van der Waals surface area contributed by atoms with E-state index in [4.69, 9.17) is 0 Å². The fourth-order valence-corrected chi connectivity index (χ4v) is 6.47. The Morgan fingerprint density at radius 2 is 1.94 bits per heavy atom. The molecule has 8 nitrogen and oxygen atoms in total. The molecule has 2 aromatic rings. The Labute approximate surface area is 209 Å². The monoisotopic (exact) mass is 496 g/mol. The minimum Gasteiger partial charge on any atom is -0.384 e. The number of piperidine rings is 2. The van der Waals surface area contributed by atoms with Crippen LogP contribution in [0.4, 0.5) is 4.39 Å².